The third-order valence-corrected chi connectivity index (χ3v) is 3.41. The molecule has 0 N–H and O–H groups in total. The Bertz CT molecular complexity index is 368. The highest BCUT2D eigenvalue weighted by molar-refractivity contribution is 5.92. The SMILES string of the molecule is CN1CC(=O)N(CC2(CC#N)CC2)CC1=O. The van der Waals surface area contributed by atoms with Gasteiger partial charge in [0.15, 0.2) is 0 Å². The maximum Gasteiger partial charge on any atom is 0.242 e. The molecule has 0 bridgehead atoms. The van der Waals surface area contributed by atoms with Crippen molar-refractivity contribution >= 4 is 11.8 Å². The van der Waals surface area contributed by atoms with E-state index in [1.807, 2.05) is 0 Å². The number of carbonyl (C=O) groups excluding carboxylic acids is 2. The lowest BCUT2D eigenvalue weighted by Gasteiger charge is -2.33. The van der Waals surface area contributed by atoms with Crippen LogP contribution in [0.1, 0.15) is 19.3 Å². The molecule has 0 aromatic heterocycles. The molecule has 2 amide bonds. The summed E-state index contributed by atoms with van der Waals surface area (Å²) < 4.78 is 0. The Morgan fingerprint density at radius 2 is 2.00 bits per heavy atom. The first-order valence-corrected chi connectivity index (χ1v) is 5.45. The lowest BCUT2D eigenvalue weighted by atomic mass is 10.0. The highest BCUT2D eigenvalue weighted by atomic mass is 16.2. The van der Waals surface area contributed by atoms with Gasteiger partial charge in [-0.1, -0.05) is 0 Å². The molecule has 2 rings (SSSR count). The van der Waals surface area contributed by atoms with Gasteiger partial charge >= 0.3 is 0 Å². The lowest BCUT2D eigenvalue weighted by Crippen LogP contribution is -2.53. The van der Waals surface area contributed by atoms with Crippen LogP contribution in [0.5, 0.6) is 0 Å². The smallest absolute Gasteiger partial charge is 0.242 e. The number of hydrogen-bond acceptors (Lipinski definition) is 3. The minimum absolute atomic E-state index is 0.00804. The Labute approximate surface area is 94.6 Å². The molecular formula is C11H15N3O2. The molecule has 2 aliphatic rings. The molecule has 5 nitrogen and oxygen atoms in total. The van der Waals surface area contributed by atoms with Crippen molar-refractivity contribution in [3.8, 4) is 6.07 Å². The average molecular weight is 221 g/mol. The van der Waals surface area contributed by atoms with E-state index in [4.69, 9.17) is 5.26 Å². The lowest BCUT2D eigenvalue weighted by molar-refractivity contribution is -0.149. The summed E-state index contributed by atoms with van der Waals surface area (Å²) in [6, 6.07) is 2.16. The van der Waals surface area contributed by atoms with Gasteiger partial charge in [0.05, 0.1) is 19.2 Å². The normalized spacial score (nSPS) is 23.2. The zero-order valence-corrected chi connectivity index (χ0v) is 9.40. The van der Waals surface area contributed by atoms with E-state index in [9.17, 15) is 9.59 Å². The molecule has 0 unspecified atom stereocenters. The summed E-state index contributed by atoms with van der Waals surface area (Å²) in [6.07, 6.45) is 2.48. The fourth-order valence-electron chi connectivity index (χ4n) is 2.05. The molecule has 1 saturated carbocycles. The average Bonchev–Trinajstić information content (AvgIpc) is 2.95. The predicted molar refractivity (Wildman–Crippen MR) is 56.1 cm³/mol. The molecule has 1 aliphatic heterocycles. The number of nitriles is 1. The Morgan fingerprint density at radius 3 is 2.56 bits per heavy atom. The third kappa shape index (κ3) is 2.01. The van der Waals surface area contributed by atoms with Gasteiger partial charge in [0.25, 0.3) is 0 Å². The van der Waals surface area contributed by atoms with Crippen LogP contribution >= 0.6 is 0 Å². The first-order chi connectivity index (χ1) is 7.56. The van der Waals surface area contributed by atoms with Crippen molar-refractivity contribution in [2.75, 3.05) is 26.7 Å². The van der Waals surface area contributed by atoms with Gasteiger partial charge in [-0.15, -0.1) is 0 Å². The second kappa shape index (κ2) is 3.78. The van der Waals surface area contributed by atoms with Crippen molar-refractivity contribution in [1.82, 2.24) is 9.80 Å². The fourth-order valence-corrected chi connectivity index (χ4v) is 2.05. The van der Waals surface area contributed by atoms with Crippen LogP contribution in [0.3, 0.4) is 0 Å². The zero-order valence-electron chi connectivity index (χ0n) is 9.40. The Kier molecular flexibility index (Phi) is 2.58. The highest BCUT2D eigenvalue weighted by Gasteiger charge is 2.45. The first-order valence-electron chi connectivity index (χ1n) is 5.45. The molecule has 0 spiro atoms. The fraction of sp³-hybridized carbons (Fsp3) is 0.727. The number of carbonyl (C=O) groups is 2. The van der Waals surface area contributed by atoms with Gasteiger partial charge in [-0.2, -0.15) is 5.26 Å². The number of hydrogen-bond donors (Lipinski definition) is 0. The zero-order chi connectivity index (χ0) is 11.8. The van der Waals surface area contributed by atoms with E-state index in [1.54, 1.807) is 11.9 Å². The number of likely N-dealkylation sites (N-methyl/N-ethyl adjacent to an activating group) is 1. The van der Waals surface area contributed by atoms with Crippen LogP contribution < -0.4 is 0 Å². The Morgan fingerprint density at radius 1 is 1.31 bits per heavy atom. The molecule has 0 aromatic carbocycles. The van der Waals surface area contributed by atoms with E-state index in [0.717, 1.165) is 12.8 Å². The number of nitrogens with zero attached hydrogens (tertiary/aromatic N) is 3. The second-order valence-electron chi connectivity index (χ2n) is 4.83. The van der Waals surface area contributed by atoms with Crippen molar-refractivity contribution in [2.45, 2.75) is 19.3 Å². The van der Waals surface area contributed by atoms with E-state index >= 15 is 0 Å². The molecule has 1 heterocycles. The van der Waals surface area contributed by atoms with Crippen LogP contribution in [0.4, 0.5) is 0 Å². The molecule has 2 fully saturated rings. The van der Waals surface area contributed by atoms with Gasteiger partial charge < -0.3 is 9.80 Å². The number of amides is 2. The van der Waals surface area contributed by atoms with Gasteiger partial charge in [-0.3, -0.25) is 9.59 Å². The Hall–Kier alpha value is -1.57. The summed E-state index contributed by atoms with van der Waals surface area (Å²) in [5.41, 5.74) is -0.0133. The third-order valence-electron chi connectivity index (χ3n) is 3.41. The largest absolute Gasteiger partial charge is 0.335 e. The molecule has 0 atom stereocenters. The summed E-state index contributed by atoms with van der Waals surface area (Å²) >= 11 is 0. The van der Waals surface area contributed by atoms with Gasteiger partial charge in [0.1, 0.15) is 0 Å². The van der Waals surface area contributed by atoms with E-state index < -0.39 is 0 Å². The van der Waals surface area contributed by atoms with Crippen molar-refractivity contribution in [2.24, 2.45) is 5.41 Å². The molecule has 1 saturated heterocycles. The minimum atomic E-state index is -0.0210. The van der Waals surface area contributed by atoms with Crippen molar-refractivity contribution in [3.63, 3.8) is 0 Å². The molecule has 0 radical (unpaired) electrons. The van der Waals surface area contributed by atoms with E-state index in [-0.39, 0.29) is 30.3 Å². The second-order valence-corrected chi connectivity index (χ2v) is 4.83. The molecule has 1 aliphatic carbocycles. The van der Waals surface area contributed by atoms with Gasteiger partial charge in [-0.05, 0) is 12.8 Å². The monoisotopic (exact) mass is 221 g/mol. The van der Waals surface area contributed by atoms with Crippen LogP contribution in [0, 0.1) is 16.7 Å². The van der Waals surface area contributed by atoms with Crippen LogP contribution in [-0.4, -0.2) is 48.3 Å². The molecule has 0 aromatic rings. The topological polar surface area (TPSA) is 64.4 Å². The summed E-state index contributed by atoms with van der Waals surface area (Å²) in [4.78, 5) is 26.2. The summed E-state index contributed by atoms with van der Waals surface area (Å²) in [7, 11) is 1.64. The summed E-state index contributed by atoms with van der Waals surface area (Å²) in [5.74, 6) is -0.0290. The molecular weight excluding hydrogens is 206 g/mol. The maximum atomic E-state index is 11.7. The van der Waals surface area contributed by atoms with Gasteiger partial charge in [0.2, 0.25) is 11.8 Å². The first kappa shape index (κ1) is 10.9. The van der Waals surface area contributed by atoms with Crippen molar-refractivity contribution in [1.29, 1.82) is 5.26 Å². The highest BCUT2D eigenvalue weighted by Crippen LogP contribution is 2.49. The minimum Gasteiger partial charge on any atom is -0.335 e. The van der Waals surface area contributed by atoms with Crippen molar-refractivity contribution in [3.05, 3.63) is 0 Å². The van der Waals surface area contributed by atoms with E-state index in [1.165, 1.54) is 4.90 Å². The quantitative estimate of drug-likeness (QED) is 0.672. The van der Waals surface area contributed by atoms with Crippen LogP contribution in [0.15, 0.2) is 0 Å². The summed E-state index contributed by atoms with van der Waals surface area (Å²) in [5, 5.41) is 8.70. The molecule has 5 heteroatoms. The van der Waals surface area contributed by atoms with Crippen LogP contribution in [0.2, 0.25) is 0 Å². The van der Waals surface area contributed by atoms with Gasteiger partial charge in [0, 0.05) is 25.4 Å². The van der Waals surface area contributed by atoms with Crippen LogP contribution in [0.25, 0.3) is 0 Å². The van der Waals surface area contributed by atoms with Crippen molar-refractivity contribution < 1.29 is 9.59 Å². The van der Waals surface area contributed by atoms with E-state index in [0.29, 0.717) is 13.0 Å². The van der Waals surface area contributed by atoms with Crippen LogP contribution in [-0.2, 0) is 9.59 Å². The number of piperazine rings is 1. The van der Waals surface area contributed by atoms with E-state index in [2.05, 4.69) is 6.07 Å². The molecule has 86 valence electrons. The summed E-state index contributed by atoms with van der Waals surface area (Å²) in [6.45, 7) is 0.906. The standard InChI is InChI=1S/C11H15N3O2/c1-13-6-10(16)14(7-9(13)15)8-11(2-3-11)4-5-12/h2-4,6-8H2,1H3. The Balaban J connectivity index is 1.98. The predicted octanol–water partition coefficient (Wildman–Crippen LogP) is -0.0191. The molecule has 16 heavy (non-hydrogen) atoms. The van der Waals surface area contributed by atoms with Gasteiger partial charge in [-0.25, -0.2) is 0 Å². The number of rotatable bonds is 3. The maximum absolute atomic E-state index is 11.7.